The molecule has 7 aromatic rings. The fourth-order valence-corrected chi connectivity index (χ4v) is 5.17. The van der Waals surface area contributed by atoms with Crippen LogP contribution in [0.3, 0.4) is 0 Å². The fraction of sp³-hybridized carbons (Fsp3) is 0.158. The van der Waals surface area contributed by atoms with Crippen molar-refractivity contribution in [2.24, 2.45) is 0 Å². The fourth-order valence-electron chi connectivity index (χ4n) is 5.17. The Morgan fingerprint density at radius 3 is 2.00 bits per heavy atom. The average Bonchev–Trinajstić information content (AvgIpc) is 3.46. The van der Waals surface area contributed by atoms with Gasteiger partial charge in [-0.2, -0.15) is 0 Å². The number of fused-ring (bicyclic) bond motifs is 3. The number of benzene rings is 4. The molecule has 0 atom stereocenters. The van der Waals surface area contributed by atoms with Gasteiger partial charge >= 0.3 is 7.48 Å². The second-order valence-corrected chi connectivity index (χ2v) is 12.4. The lowest BCUT2D eigenvalue weighted by Gasteiger charge is -2.37. The van der Waals surface area contributed by atoms with Gasteiger partial charge in [-0.1, -0.05) is 90.4 Å². The van der Waals surface area contributed by atoms with E-state index in [1.165, 1.54) is 0 Å². The quantitative estimate of drug-likeness (QED) is 0.181. The summed E-state index contributed by atoms with van der Waals surface area (Å²) < 4.78 is 12.3. The Morgan fingerprint density at radius 2 is 1.28 bits per heavy atom. The van der Waals surface area contributed by atoms with Crippen LogP contribution >= 0.6 is 0 Å². The van der Waals surface area contributed by atoms with Gasteiger partial charge in [0.05, 0.1) is 22.5 Å². The molecule has 0 saturated carbocycles. The smallest absolute Gasteiger partial charge is 0.309 e. The molecule has 0 unspecified atom stereocenters. The number of hydrogen-bond donors (Lipinski definition) is 1. The van der Waals surface area contributed by atoms with Crippen molar-refractivity contribution in [2.75, 3.05) is 0 Å². The first kappa shape index (κ1) is 29.5. The molecule has 3 aromatic heterocycles. The second-order valence-electron chi connectivity index (χ2n) is 12.4. The number of hydrogen-bond acceptors (Lipinski definition) is 7. The Labute approximate surface area is 268 Å². The lowest BCUT2D eigenvalue weighted by molar-refractivity contribution is -0.0893. The van der Waals surface area contributed by atoms with Gasteiger partial charge in [-0.3, -0.25) is 4.98 Å². The van der Waals surface area contributed by atoms with E-state index in [0.717, 1.165) is 55.3 Å². The lowest BCUT2D eigenvalue weighted by atomic mass is 9.82. The first-order chi connectivity index (χ1) is 22.2. The molecule has 0 aliphatic heterocycles. The van der Waals surface area contributed by atoms with E-state index in [1.54, 1.807) is 20.0 Å². The third-order valence-corrected chi connectivity index (χ3v) is 8.66. The van der Waals surface area contributed by atoms with Gasteiger partial charge in [0, 0.05) is 33.7 Å². The topological polar surface area (TPSA) is 94.2 Å². The monoisotopic (exact) mass is 604 g/mol. The molecular formula is C38H33BN4O3. The van der Waals surface area contributed by atoms with Gasteiger partial charge in [0.2, 0.25) is 0 Å². The molecule has 1 N–H and O–H groups in total. The molecule has 0 bridgehead atoms. The van der Waals surface area contributed by atoms with Crippen LogP contribution in [0.1, 0.15) is 27.7 Å². The van der Waals surface area contributed by atoms with Gasteiger partial charge in [-0.05, 0) is 52.0 Å². The maximum absolute atomic E-state index is 10.4. The minimum atomic E-state index is -0.958. The molecule has 226 valence electrons. The first-order valence-corrected chi connectivity index (χ1v) is 15.3. The lowest BCUT2D eigenvalue weighted by Crippen LogP contribution is -2.49. The largest absolute Gasteiger partial charge is 0.455 e. The van der Waals surface area contributed by atoms with Gasteiger partial charge < -0.3 is 14.2 Å². The number of furan rings is 1. The maximum atomic E-state index is 10.4. The van der Waals surface area contributed by atoms with Crippen LogP contribution in [-0.4, -0.2) is 43.7 Å². The molecule has 3 heterocycles. The van der Waals surface area contributed by atoms with Gasteiger partial charge in [0.15, 0.2) is 17.5 Å². The summed E-state index contributed by atoms with van der Waals surface area (Å²) in [5, 5.41) is 12.5. The van der Waals surface area contributed by atoms with Gasteiger partial charge in [-0.25, -0.2) is 15.0 Å². The van der Waals surface area contributed by atoms with E-state index in [0.29, 0.717) is 25.0 Å². The highest BCUT2D eigenvalue weighted by molar-refractivity contribution is 6.47. The van der Waals surface area contributed by atoms with Crippen LogP contribution < -0.4 is 5.46 Å². The van der Waals surface area contributed by atoms with Crippen LogP contribution in [0.2, 0.25) is 0 Å². The van der Waals surface area contributed by atoms with Crippen molar-refractivity contribution in [3.8, 4) is 45.4 Å². The third kappa shape index (κ3) is 5.69. The van der Waals surface area contributed by atoms with Gasteiger partial charge in [0.25, 0.3) is 0 Å². The standard InChI is InChI=1S/C38H33BN4O3/c1-37(2,44)38(3,4)46-39-27-20-17-24(18-21-27)31-22-19-26(23-40-31)35-41-34(25-11-6-5-7-12-25)42-36(43-35)30-15-10-14-29-28-13-8-9-16-32(28)45-33(29)30/h5-23,39,44H,1-4H3. The molecule has 0 radical (unpaired) electrons. The molecule has 0 spiro atoms. The Hall–Kier alpha value is -5.18. The second kappa shape index (κ2) is 11.6. The van der Waals surface area contributed by atoms with E-state index in [4.69, 9.17) is 29.0 Å². The molecule has 46 heavy (non-hydrogen) atoms. The zero-order valence-corrected chi connectivity index (χ0v) is 26.2. The Morgan fingerprint density at radius 1 is 0.630 bits per heavy atom. The van der Waals surface area contributed by atoms with Crippen LogP contribution in [0.25, 0.3) is 67.4 Å². The Balaban J connectivity index is 1.22. The highest BCUT2D eigenvalue weighted by Gasteiger charge is 2.35. The summed E-state index contributed by atoms with van der Waals surface area (Å²) in [5.41, 5.74) is 5.22. The molecule has 0 aliphatic carbocycles. The molecule has 0 saturated heterocycles. The Kier molecular flexibility index (Phi) is 7.47. The number of aromatic nitrogens is 4. The van der Waals surface area contributed by atoms with E-state index in [9.17, 15) is 5.11 Å². The van der Waals surface area contributed by atoms with Gasteiger partial charge in [-0.15, -0.1) is 0 Å². The highest BCUT2D eigenvalue weighted by atomic mass is 16.5. The number of para-hydroxylation sites is 2. The predicted molar refractivity (Wildman–Crippen MR) is 185 cm³/mol. The Bertz CT molecular complexity index is 2150. The molecule has 8 heteroatoms. The molecular weight excluding hydrogens is 571 g/mol. The zero-order chi connectivity index (χ0) is 31.9. The normalized spacial score (nSPS) is 12.1. The minimum Gasteiger partial charge on any atom is -0.455 e. The van der Waals surface area contributed by atoms with Crippen molar-refractivity contribution in [3.05, 3.63) is 115 Å². The SMILES string of the molecule is CC(C)(O)C(C)(C)OBc1ccc(-c2ccc(-c3nc(-c4ccccc4)nc(-c4cccc5c4oc4ccccc45)n3)cn2)cc1. The third-order valence-electron chi connectivity index (χ3n) is 8.66. The number of nitrogens with zero attached hydrogens (tertiary/aromatic N) is 4. The highest BCUT2D eigenvalue weighted by Crippen LogP contribution is 2.35. The molecule has 0 aliphatic rings. The van der Waals surface area contributed by atoms with Crippen LogP contribution in [0.4, 0.5) is 0 Å². The van der Waals surface area contributed by atoms with Crippen LogP contribution in [-0.2, 0) is 4.65 Å². The maximum Gasteiger partial charge on any atom is 0.309 e. The molecule has 0 fully saturated rings. The van der Waals surface area contributed by atoms with Crippen molar-refractivity contribution in [1.29, 1.82) is 0 Å². The van der Waals surface area contributed by atoms with E-state index in [2.05, 4.69) is 12.1 Å². The van der Waals surface area contributed by atoms with Gasteiger partial charge in [0.1, 0.15) is 11.2 Å². The van der Waals surface area contributed by atoms with Crippen molar-refractivity contribution in [1.82, 2.24) is 19.9 Å². The summed E-state index contributed by atoms with van der Waals surface area (Å²) in [6.45, 7) is 7.30. The van der Waals surface area contributed by atoms with Crippen molar-refractivity contribution in [2.45, 2.75) is 38.9 Å². The summed E-state index contributed by atoms with van der Waals surface area (Å²) in [6.07, 6.45) is 1.80. The van der Waals surface area contributed by atoms with E-state index >= 15 is 0 Å². The van der Waals surface area contributed by atoms with Crippen molar-refractivity contribution >= 4 is 34.9 Å². The number of pyridine rings is 1. The summed E-state index contributed by atoms with van der Waals surface area (Å²) in [4.78, 5) is 19.5. The molecule has 7 nitrogen and oxygen atoms in total. The average molecular weight is 605 g/mol. The van der Waals surface area contributed by atoms with Crippen LogP contribution in [0.5, 0.6) is 0 Å². The van der Waals surface area contributed by atoms with Crippen LogP contribution in [0, 0.1) is 0 Å². The number of aliphatic hydroxyl groups is 1. The molecule has 4 aromatic carbocycles. The summed E-state index contributed by atoms with van der Waals surface area (Å²) >= 11 is 0. The minimum absolute atomic E-state index is 0.400. The molecule has 7 rings (SSSR count). The van der Waals surface area contributed by atoms with E-state index < -0.39 is 11.2 Å². The first-order valence-electron chi connectivity index (χ1n) is 15.3. The van der Waals surface area contributed by atoms with E-state index in [-0.39, 0.29) is 0 Å². The van der Waals surface area contributed by atoms with Crippen LogP contribution in [0.15, 0.2) is 120 Å². The van der Waals surface area contributed by atoms with E-state index in [1.807, 2.05) is 111 Å². The number of rotatable bonds is 8. The predicted octanol–water partition coefficient (Wildman–Crippen LogP) is 7.38. The summed E-state index contributed by atoms with van der Waals surface area (Å²) in [6, 6.07) is 36.0. The van der Waals surface area contributed by atoms with Crippen molar-refractivity contribution < 1.29 is 14.2 Å². The summed E-state index contributed by atoms with van der Waals surface area (Å²) in [7, 11) is 0.400. The van der Waals surface area contributed by atoms with Crippen molar-refractivity contribution in [3.63, 3.8) is 0 Å². The summed E-state index contributed by atoms with van der Waals surface area (Å²) in [5.74, 6) is 1.63. The molecule has 0 amide bonds. The zero-order valence-electron chi connectivity index (χ0n) is 26.2.